The van der Waals surface area contributed by atoms with Crippen molar-refractivity contribution in [3.63, 3.8) is 0 Å². The van der Waals surface area contributed by atoms with Gasteiger partial charge in [0.05, 0.1) is 0 Å². The summed E-state index contributed by atoms with van der Waals surface area (Å²) in [7, 11) is 0. The van der Waals surface area contributed by atoms with E-state index in [1.165, 1.54) is 36.2 Å². The molecule has 0 aromatic heterocycles. The van der Waals surface area contributed by atoms with Crippen LogP contribution in [0.25, 0.3) is 0 Å². The molecule has 17 heavy (non-hydrogen) atoms. The number of rotatable bonds is 4. The standard InChI is InChI=1S/C16H23N/c1-5-6-9-12-17-13(2)16(3,4)14-10-7-8-11-15(14)17/h7-8,10-11H,2,5-6,9,12H2,1,3-4H3. The van der Waals surface area contributed by atoms with E-state index in [-0.39, 0.29) is 5.41 Å². The number of para-hydroxylation sites is 1. The van der Waals surface area contributed by atoms with Crippen LogP contribution in [-0.2, 0) is 5.41 Å². The number of anilines is 1. The lowest BCUT2D eigenvalue weighted by atomic mass is 9.84. The molecule has 1 nitrogen and oxygen atoms in total. The fourth-order valence-corrected chi connectivity index (χ4v) is 2.65. The number of fused-ring (bicyclic) bond motifs is 1. The third-order valence-electron chi connectivity index (χ3n) is 3.90. The second kappa shape index (κ2) is 4.56. The van der Waals surface area contributed by atoms with Gasteiger partial charge in [0.25, 0.3) is 0 Å². The highest BCUT2D eigenvalue weighted by atomic mass is 15.2. The van der Waals surface area contributed by atoms with Crippen LogP contribution < -0.4 is 4.90 Å². The molecule has 1 aromatic carbocycles. The number of nitrogens with zero attached hydrogens (tertiary/aromatic N) is 1. The zero-order chi connectivity index (χ0) is 12.5. The van der Waals surface area contributed by atoms with E-state index in [0.29, 0.717) is 0 Å². The SMILES string of the molecule is C=C1N(CCCCC)c2ccccc2C1(C)C. The smallest absolute Gasteiger partial charge is 0.0450 e. The number of benzene rings is 1. The van der Waals surface area contributed by atoms with Gasteiger partial charge in [0.15, 0.2) is 0 Å². The van der Waals surface area contributed by atoms with E-state index in [2.05, 4.69) is 56.5 Å². The van der Waals surface area contributed by atoms with Gasteiger partial charge in [0.2, 0.25) is 0 Å². The van der Waals surface area contributed by atoms with Gasteiger partial charge in [0.1, 0.15) is 0 Å². The van der Waals surface area contributed by atoms with Crippen LogP contribution in [0.5, 0.6) is 0 Å². The molecular weight excluding hydrogens is 206 g/mol. The summed E-state index contributed by atoms with van der Waals surface area (Å²) < 4.78 is 0. The van der Waals surface area contributed by atoms with E-state index >= 15 is 0 Å². The van der Waals surface area contributed by atoms with Gasteiger partial charge in [0, 0.05) is 23.3 Å². The molecule has 1 aromatic rings. The highest BCUT2D eigenvalue weighted by Crippen LogP contribution is 2.46. The number of allylic oxidation sites excluding steroid dienone is 1. The molecule has 0 fully saturated rings. The summed E-state index contributed by atoms with van der Waals surface area (Å²) in [6, 6.07) is 8.71. The average molecular weight is 229 g/mol. The molecule has 0 spiro atoms. The van der Waals surface area contributed by atoms with E-state index in [0.717, 1.165) is 6.54 Å². The summed E-state index contributed by atoms with van der Waals surface area (Å²) in [6.45, 7) is 12.2. The largest absolute Gasteiger partial charge is 0.345 e. The Balaban J connectivity index is 2.27. The van der Waals surface area contributed by atoms with Crippen molar-refractivity contribution in [2.45, 2.75) is 45.4 Å². The molecule has 0 N–H and O–H groups in total. The zero-order valence-electron chi connectivity index (χ0n) is 11.3. The summed E-state index contributed by atoms with van der Waals surface area (Å²) in [6.07, 6.45) is 3.82. The van der Waals surface area contributed by atoms with Gasteiger partial charge in [-0.1, -0.05) is 58.4 Å². The number of hydrogen-bond acceptors (Lipinski definition) is 1. The first-order chi connectivity index (χ1) is 8.09. The molecule has 1 heterocycles. The van der Waals surface area contributed by atoms with Crippen LogP contribution in [0.4, 0.5) is 5.69 Å². The average Bonchev–Trinajstić information content (AvgIpc) is 2.51. The lowest BCUT2D eigenvalue weighted by Crippen LogP contribution is -2.26. The van der Waals surface area contributed by atoms with Gasteiger partial charge in [-0.3, -0.25) is 0 Å². The Labute approximate surface area is 105 Å². The normalized spacial score (nSPS) is 17.4. The van der Waals surface area contributed by atoms with Crippen molar-refractivity contribution in [2.75, 3.05) is 11.4 Å². The molecule has 0 saturated carbocycles. The highest BCUT2D eigenvalue weighted by Gasteiger charge is 2.37. The quantitative estimate of drug-likeness (QED) is 0.688. The van der Waals surface area contributed by atoms with Gasteiger partial charge in [-0.2, -0.15) is 0 Å². The molecule has 0 radical (unpaired) electrons. The maximum absolute atomic E-state index is 4.31. The first-order valence-electron chi connectivity index (χ1n) is 6.65. The first kappa shape index (κ1) is 12.2. The van der Waals surface area contributed by atoms with E-state index < -0.39 is 0 Å². The van der Waals surface area contributed by atoms with Gasteiger partial charge in [-0.05, 0) is 18.1 Å². The molecule has 0 atom stereocenters. The Kier molecular flexibility index (Phi) is 3.28. The van der Waals surface area contributed by atoms with E-state index in [4.69, 9.17) is 0 Å². The van der Waals surface area contributed by atoms with Crippen molar-refractivity contribution >= 4 is 5.69 Å². The molecule has 0 amide bonds. The zero-order valence-corrected chi connectivity index (χ0v) is 11.3. The third-order valence-corrected chi connectivity index (χ3v) is 3.90. The minimum Gasteiger partial charge on any atom is -0.345 e. The molecule has 0 saturated heterocycles. The maximum atomic E-state index is 4.31. The van der Waals surface area contributed by atoms with Crippen molar-refractivity contribution < 1.29 is 0 Å². The molecular formula is C16H23N. The van der Waals surface area contributed by atoms with Crippen molar-refractivity contribution in [1.29, 1.82) is 0 Å². The van der Waals surface area contributed by atoms with Gasteiger partial charge >= 0.3 is 0 Å². The summed E-state index contributed by atoms with van der Waals surface area (Å²) in [5, 5.41) is 0. The van der Waals surface area contributed by atoms with Crippen molar-refractivity contribution in [2.24, 2.45) is 0 Å². The van der Waals surface area contributed by atoms with Crippen LogP contribution in [0.3, 0.4) is 0 Å². The number of hydrogen-bond donors (Lipinski definition) is 0. The second-order valence-corrected chi connectivity index (χ2v) is 5.45. The van der Waals surface area contributed by atoms with E-state index in [9.17, 15) is 0 Å². The number of unbranched alkanes of at least 4 members (excludes halogenated alkanes) is 2. The van der Waals surface area contributed by atoms with Crippen LogP contribution in [0.15, 0.2) is 36.5 Å². The van der Waals surface area contributed by atoms with Crippen LogP contribution in [-0.4, -0.2) is 6.54 Å². The Morgan fingerprint density at radius 1 is 1.18 bits per heavy atom. The van der Waals surface area contributed by atoms with E-state index in [1.54, 1.807) is 0 Å². The van der Waals surface area contributed by atoms with Crippen LogP contribution in [0.1, 0.15) is 45.6 Å². The highest BCUT2D eigenvalue weighted by molar-refractivity contribution is 5.69. The topological polar surface area (TPSA) is 3.24 Å². The second-order valence-electron chi connectivity index (χ2n) is 5.45. The molecule has 0 aliphatic carbocycles. The predicted molar refractivity (Wildman–Crippen MR) is 75.5 cm³/mol. The van der Waals surface area contributed by atoms with Gasteiger partial charge in [-0.25, -0.2) is 0 Å². The molecule has 92 valence electrons. The summed E-state index contributed by atoms with van der Waals surface area (Å²) in [4.78, 5) is 2.41. The fraction of sp³-hybridized carbons (Fsp3) is 0.500. The van der Waals surface area contributed by atoms with Crippen molar-refractivity contribution in [3.8, 4) is 0 Å². The fourth-order valence-electron chi connectivity index (χ4n) is 2.65. The van der Waals surface area contributed by atoms with E-state index in [1.807, 2.05) is 0 Å². The minimum atomic E-state index is 0.0861. The first-order valence-corrected chi connectivity index (χ1v) is 6.65. The molecule has 0 bridgehead atoms. The maximum Gasteiger partial charge on any atom is 0.0450 e. The monoisotopic (exact) mass is 229 g/mol. The Morgan fingerprint density at radius 2 is 1.88 bits per heavy atom. The van der Waals surface area contributed by atoms with Crippen LogP contribution in [0, 0.1) is 0 Å². The predicted octanol–water partition coefficient (Wildman–Crippen LogP) is 4.49. The molecule has 1 aliphatic heterocycles. The Bertz CT molecular complexity index is 417. The molecule has 2 rings (SSSR count). The Morgan fingerprint density at radius 3 is 2.59 bits per heavy atom. The lowest BCUT2D eigenvalue weighted by Gasteiger charge is -2.25. The summed E-state index contributed by atoms with van der Waals surface area (Å²) >= 11 is 0. The van der Waals surface area contributed by atoms with Crippen molar-refractivity contribution in [3.05, 3.63) is 42.1 Å². The molecule has 1 heteroatoms. The summed E-state index contributed by atoms with van der Waals surface area (Å²) in [5.41, 5.74) is 4.11. The third kappa shape index (κ3) is 1.99. The van der Waals surface area contributed by atoms with Crippen molar-refractivity contribution in [1.82, 2.24) is 0 Å². The minimum absolute atomic E-state index is 0.0861. The molecule has 1 aliphatic rings. The van der Waals surface area contributed by atoms with Gasteiger partial charge < -0.3 is 4.90 Å². The van der Waals surface area contributed by atoms with Crippen LogP contribution >= 0.6 is 0 Å². The Hall–Kier alpha value is -1.24. The summed E-state index contributed by atoms with van der Waals surface area (Å²) in [5.74, 6) is 0. The van der Waals surface area contributed by atoms with Crippen LogP contribution in [0.2, 0.25) is 0 Å². The van der Waals surface area contributed by atoms with Gasteiger partial charge in [-0.15, -0.1) is 0 Å². The molecule has 0 unspecified atom stereocenters. The lowest BCUT2D eigenvalue weighted by molar-refractivity contribution is 0.621.